The van der Waals surface area contributed by atoms with E-state index in [-0.39, 0.29) is 5.91 Å². The number of hydrogen-bond donors (Lipinski definition) is 2. The molecule has 0 aliphatic heterocycles. The Kier molecular flexibility index (Phi) is 8.64. The number of aliphatic hydroxyl groups is 1. The number of carbonyl (C=O) groups is 1. The van der Waals surface area contributed by atoms with Crippen LogP contribution in [0.25, 0.3) is 0 Å². The molecule has 102 valence electrons. The molecule has 5 heteroatoms. The molecule has 1 atom stereocenters. The lowest BCUT2D eigenvalue weighted by Gasteiger charge is -2.27. The third-order valence-electron chi connectivity index (χ3n) is 2.20. The van der Waals surface area contributed by atoms with E-state index in [0.29, 0.717) is 18.8 Å². The van der Waals surface area contributed by atoms with Crippen molar-refractivity contribution in [2.45, 2.75) is 32.3 Å². The number of unbranched alkanes of at least 4 members (excludes halogenated alkanes) is 1. The van der Waals surface area contributed by atoms with E-state index in [1.807, 2.05) is 19.0 Å². The van der Waals surface area contributed by atoms with Crippen LogP contribution in [0.15, 0.2) is 0 Å². The van der Waals surface area contributed by atoms with Gasteiger partial charge in [-0.1, -0.05) is 13.3 Å². The molecule has 0 rings (SSSR count). The topological polar surface area (TPSA) is 52.6 Å². The van der Waals surface area contributed by atoms with Crippen LogP contribution in [-0.4, -0.2) is 60.2 Å². The van der Waals surface area contributed by atoms with E-state index in [0.717, 1.165) is 18.6 Å². The summed E-state index contributed by atoms with van der Waals surface area (Å²) in [7, 11) is 3.80. The first-order valence-electron chi connectivity index (χ1n) is 6.09. The Hall–Kier alpha value is -0.260. The Labute approximate surface area is 109 Å². The van der Waals surface area contributed by atoms with Crippen LogP contribution in [0, 0.1) is 0 Å². The van der Waals surface area contributed by atoms with Gasteiger partial charge in [-0.15, -0.1) is 0 Å². The van der Waals surface area contributed by atoms with Crippen LogP contribution < -0.4 is 5.32 Å². The van der Waals surface area contributed by atoms with Crippen molar-refractivity contribution in [3.05, 3.63) is 0 Å². The summed E-state index contributed by atoms with van der Waals surface area (Å²) in [6.45, 7) is 4.71. The van der Waals surface area contributed by atoms with Crippen molar-refractivity contribution in [1.82, 2.24) is 10.2 Å². The maximum absolute atomic E-state index is 11.5. The predicted octanol–water partition coefficient (Wildman–Crippen LogP) is 0.949. The second-order valence-corrected chi connectivity index (χ2v) is 6.02. The van der Waals surface area contributed by atoms with Crippen LogP contribution in [0.3, 0.4) is 0 Å². The number of rotatable bonds is 9. The summed E-state index contributed by atoms with van der Waals surface area (Å²) in [4.78, 5) is 13.4. The van der Waals surface area contributed by atoms with Crippen LogP contribution in [0.4, 0.5) is 0 Å². The molecular weight excluding hydrogens is 236 g/mol. The van der Waals surface area contributed by atoms with E-state index in [1.54, 1.807) is 18.7 Å². The first kappa shape index (κ1) is 16.7. The zero-order valence-electron chi connectivity index (χ0n) is 11.5. The second-order valence-electron chi connectivity index (χ2n) is 4.92. The Balaban J connectivity index is 3.68. The van der Waals surface area contributed by atoms with Gasteiger partial charge in [0.1, 0.15) is 0 Å². The molecular formula is C12H26N2O2S. The third kappa shape index (κ3) is 10.6. The Morgan fingerprint density at radius 2 is 2.12 bits per heavy atom. The fraction of sp³-hybridized carbons (Fsp3) is 0.917. The molecule has 0 aromatic rings. The van der Waals surface area contributed by atoms with Crippen molar-refractivity contribution in [3.63, 3.8) is 0 Å². The van der Waals surface area contributed by atoms with Crippen molar-refractivity contribution in [1.29, 1.82) is 0 Å². The van der Waals surface area contributed by atoms with E-state index in [9.17, 15) is 9.90 Å². The minimum atomic E-state index is -0.868. The number of amides is 1. The number of nitrogens with one attached hydrogen (secondary N) is 1. The highest BCUT2D eigenvalue weighted by Crippen LogP contribution is 2.05. The Bertz CT molecular complexity index is 221. The Morgan fingerprint density at radius 1 is 1.47 bits per heavy atom. The van der Waals surface area contributed by atoms with Crippen molar-refractivity contribution >= 4 is 17.7 Å². The number of nitrogens with zero attached hydrogens (tertiary/aromatic N) is 1. The van der Waals surface area contributed by atoms with Crippen LogP contribution in [0.5, 0.6) is 0 Å². The van der Waals surface area contributed by atoms with Crippen LogP contribution in [-0.2, 0) is 4.79 Å². The number of hydrogen-bond acceptors (Lipinski definition) is 4. The lowest BCUT2D eigenvalue weighted by atomic mass is 10.1. The molecule has 1 amide bonds. The van der Waals surface area contributed by atoms with Crippen molar-refractivity contribution in [2.75, 3.05) is 38.7 Å². The van der Waals surface area contributed by atoms with Gasteiger partial charge in [-0.3, -0.25) is 4.79 Å². The summed E-state index contributed by atoms with van der Waals surface area (Å²) in [6, 6.07) is 0. The normalized spacial score (nSPS) is 14.7. The van der Waals surface area contributed by atoms with Crippen LogP contribution >= 0.6 is 11.8 Å². The van der Waals surface area contributed by atoms with E-state index >= 15 is 0 Å². The van der Waals surface area contributed by atoms with E-state index in [1.165, 1.54) is 0 Å². The minimum absolute atomic E-state index is 0.00475. The molecule has 4 nitrogen and oxygen atoms in total. The molecule has 0 radical (unpaired) electrons. The molecule has 0 fully saturated rings. The lowest BCUT2D eigenvalue weighted by Crippen LogP contribution is -2.47. The summed E-state index contributed by atoms with van der Waals surface area (Å²) in [5.74, 6) is 1.51. The van der Waals surface area contributed by atoms with Gasteiger partial charge in [0.2, 0.25) is 5.91 Å². The molecule has 17 heavy (non-hydrogen) atoms. The number of likely N-dealkylation sites (N-methyl/N-ethyl adjacent to an activating group) is 1. The number of carbonyl (C=O) groups excluding carboxylic acids is 1. The van der Waals surface area contributed by atoms with Crippen LogP contribution in [0.2, 0.25) is 0 Å². The van der Waals surface area contributed by atoms with Crippen molar-refractivity contribution in [3.8, 4) is 0 Å². The molecule has 0 saturated heterocycles. The van der Waals surface area contributed by atoms with Gasteiger partial charge < -0.3 is 15.3 Å². The van der Waals surface area contributed by atoms with Crippen molar-refractivity contribution in [2.24, 2.45) is 0 Å². The summed E-state index contributed by atoms with van der Waals surface area (Å²) in [5, 5.41) is 12.7. The van der Waals surface area contributed by atoms with Gasteiger partial charge in [0.25, 0.3) is 0 Å². The average molecular weight is 262 g/mol. The fourth-order valence-corrected chi connectivity index (χ4v) is 2.41. The molecule has 0 saturated carbocycles. The molecule has 0 spiro atoms. The summed E-state index contributed by atoms with van der Waals surface area (Å²) in [6.07, 6.45) is 2.31. The molecule has 0 aromatic carbocycles. The molecule has 0 aliphatic carbocycles. The summed E-state index contributed by atoms with van der Waals surface area (Å²) in [5.41, 5.74) is -0.868. The molecule has 1 unspecified atom stereocenters. The highest BCUT2D eigenvalue weighted by atomic mass is 32.2. The highest BCUT2D eigenvalue weighted by molar-refractivity contribution is 7.99. The van der Waals surface area contributed by atoms with E-state index < -0.39 is 5.60 Å². The zero-order valence-corrected chi connectivity index (χ0v) is 12.3. The van der Waals surface area contributed by atoms with Gasteiger partial charge in [-0.25, -0.2) is 0 Å². The van der Waals surface area contributed by atoms with Gasteiger partial charge in [-0.05, 0) is 33.2 Å². The second kappa shape index (κ2) is 8.78. The SMILES string of the molecule is CCCCSCC(=O)NCC(C)(O)CN(C)C. The zero-order chi connectivity index (χ0) is 13.3. The lowest BCUT2D eigenvalue weighted by molar-refractivity contribution is -0.119. The quantitative estimate of drug-likeness (QED) is 0.608. The third-order valence-corrected chi connectivity index (χ3v) is 3.24. The van der Waals surface area contributed by atoms with E-state index in [2.05, 4.69) is 12.2 Å². The largest absolute Gasteiger partial charge is 0.387 e. The minimum Gasteiger partial charge on any atom is -0.387 e. The monoisotopic (exact) mass is 262 g/mol. The fourth-order valence-electron chi connectivity index (χ4n) is 1.49. The maximum Gasteiger partial charge on any atom is 0.230 e. The average Bonchev–Trinajstić information content (AvgIpc) is 2.20. The first-order valence-corrected chi connectivity index (χ1v) is 7.24. The number of thioether (sulfide) groups is 1. The van der Waals surface area contributed by atoms with Gasteiger partial charge in [0.15, 0.2) is 0 Å². The molecule has 0 bridgehead atoms. The van der Waals surface area contributed by atoms with Crippen molar-refractivity contribution < 1.29 is 9.90 Å². The molecule has 2 N–H and O–H groups in total. The van der Waals surface area contributed by atoms with Crippen LogP contribution in [0.1, 0.15) is 26.7 Å². The first-order chi connectivity index (χ1) is 7.87. The standard InChI is InChI=1S/C12H26N2O2S/c1-5-6-7-17-8-11(15)13-9-12(2,16)10-14(3)4/h16H,5-10H2,1-4H3,(H,13,15). The summed E-state index contributed by atoms with van der Waals surface area (Å²) < 4.78 is 0. The van der Waals surface area contributed by atoms with Gasteiger partial charge >= 0.3 is 0 Å². The van der Waals surface area contributed by atoms with E-state index in [4.69, 9.17) is 0 Å². The predicted molar refractivity (Wildman–Crippen MR) is 74.4 cm³/mol. The molecule has 0 heterocycles. The van der Waals surface area contributed by atoms with Gasteiger partial charge in [0.05, 0.1) is 11.4 Å². The molecule has 0 aromatic heterocycles. The smallest absolute Gasteiger partial charge is 0.230 e. The Morgan fingerprint density at radius 3 is 2.65 bits per heavy atom. The molecule has 0 aliphatic rings. The van der Waals surface area contributed by atoms with Gasteiger partial charge in [-0.2, -0.15) is 11.8 Å². The van der Waals surface area contributed by atoms with Gasteiger partial charge in [0, 0.05) is 13.1 Å². The summed E-state index contributed by atoms with van der Waals surface area (Å²) >= 11 is 1.65. The maximum atomic E-state index is 11.5. The highest BCUT2D eigenvalue weighted by Gasteiger charge is 2.21.